The second-order valence-corrected chi connectivity index (χ2v) is 12.2. The van der Waals surface area contributed by atoms with Crippen LogP contribution in [0.4, 0.5) is 0 Å². The van der Waals surface area contributed by atoms with Crippen molar-refractivity contribution in [2.45, 2.75) is 76.8 Å². The molecule has 2 aromatic rings. The molecule has 0 bridgehead atoms. The van der Waals surface area contributed by atoms with Crippen LogP contribution in [0.1, 0.15) is 38.8 Å². The van der Waals surface area contributed by atoms with Gasteiger partial charge in [0.05, 0.1) is 13.2 Å². The summed E-state index contributed by atoms with van der Waals surface area (Å²) in [4.78, 5) is 30.4. The number of carbonyl (C=O) groups is 2. The Morgan fingerprint density at radius 1 is 0.809 bits per heavy atom. The molecule has 0 spiro atoms. The van der Waals surface area contributed by atoms with Crippen molar-refractivity contribution in [3.05, 3.63) is 81.1 Å². The number of hydrogen-bond donors (Lipinski definition) is 5. The first-order valence-electron chi connectivity index (χ1n) is 14.3. The van der Waals surface area contributed by atoms with Crippen molar-refractivity contribution in [2.24, 2.45) is 5.73 Å². The summed E-state index contributed by atoms with van der Waals surface area (Å²) < 4.78 is 31.8. The molecule has 0 aliphatic carbocycles. The van der Waals surface area contributed by atoms with E-state index in [0.717, 1.165) is 11.1 Å². The quantitative estimate of drug-likeness (QED) is 0.216. The van der Waals surface area contributed by atoms with E-state index in [2.05, 4.69) is 15.3 Å². The molecule has 0 unspecified atom stereocenters. The van der Waals surface area contributed by atoms with E-state index in [4.69, 9.17) is 62.5 Å². The van der Waals surface area contributed by atoms with Crippen LogP contribution in [0.15, 0.2) is 59.6 Å². The van der Waals surface area contributed by atoms with Gasteiger partial charge in [-0.2, -0.15) is 0 Å². The maximum absolute atomic E-state index is 11.7. The van der Waals surface area contributed by atoms with E-state index in [1.54, 1.807) is 58.3 Å². The maximum Gasteiger partial charge on any atom is 0.377 e. The monoisotopic (exact) mass is 698 g/mol. The molecule has 256 valence electrons. The number of carbonyl (C=O) groups excluding carboxylic acids is 2. The highest BCUT2D eigenvalue weighted by Gasteiger charge is 2.47. The first-order chi connectivity index (χ1) is 22.1. The van der Waals surface area contributed by atoms with Gasteiger partial charge in [-0.05, 0) is 51.0 Å². The summed E-state index contributed by atoms with van der Waals surface area (Å²) >= 11 is 11.3. The number of nitrogens with zero attached hydrogens (tertiary/aromatic N) is 2. The lowest BCUT2D eigenvalue weighted by molar-refractivity contribution is -0.163. The standard InChI is InChI=1S/C15H17ClN2O5.C9H12O6.C6H7ClN2/c1-15(2)21-7-9(23-15)13-11(12(19)14(20)22-13)18-6-8-3-4-10(16)17-5-8;1-9(2)13-3-4(15-9)7-5(10)6(11)8(12)14-7;7-6-2-1-5(3-8)4-9-6/h3-5,9,13,18-19H,6-7H2,1-2H3;4,7,10-11H,3H2,1-2H3;1-2,4H,3,8H2/t9-,13+;4-,7+;/m00./s1. The van der Waals surface area contributed by atoms with Crippen molar-refractivity contribution < 1.29 is 53.3 Å². The van der Waals surface area contributed by atoms with Crippen molar-refractivity contribution in [3.8, 4) is 0 Å². The van der Waals surface area contributed by atoms with Crippen molar-refractivity contribution in [1.82, 2.24) is 15.3 Å². The van der Waals surface area contributed by atoms with E-state index in [1.165, 1.54) is 0 Å². The topological polar surface area (TPSA) is 214 Å². The third-order valence-electron chi connectivity index (χ3n) is 6.94. The van der Waals surface area contributed by atoms with Crippen LogP contribution in [0.3, 0.4) is 0 Å². The van der Waals surface area contributed by atoms with Crippen molar-refractivity contribution in [2.75, 3.05) is 13.2 Å². The SMILES string of the molecule is CC1(C)OC[C@@H]([C@H]2OC(=O)C(O)=C2NCc2ccc(Cl)nc2)O1.CC1(C)OC[C@@H]([C@H]2OC(=O)C(O)=C2O)O1.NCc1ccc(Cl)nc1. The summed E-state index contributed by atoms with van der Waals surface area (Å²) in [5, 5.41) is 32.4. The number of aromatic nitrogens is 2. The van der Waals surface area contributed by atoms with Crippen LogP contribution in [0, 0.1) is 0 Å². The zero-order chi connectivity index (χ0) is 34.5. The molecule has 2 fully saturated rings. The number of aliphatic hydroxyl groups excluding tert-OH is 3. The number of ether oxygens (including phenoxy) is 6. The lowest BCUT2D eigenvalue weighted by Crippen LogP contribution is -2.36. The molecule has 4 aliphatic rings. The second-order valence-electron chi connectivity index (χ2n) is 11.4. The Labute approximate surface area is 280 Å². The van der Waals surface area contributed by atoms with E-state index in [1.807, 2.05) is 6.07 Å². The predicted octanol–water partition coefficient (Wildman–Crippen LogP) is 3.26. The number of cyclic esters (lactones) is 2. The molecule has 0 amide bonds. The smallest absolute Gasteiger partial charge is 0.377 e. The average Bonchev–Trinajstić information content (AvgIpc) is 3.74. The Hall–Kier alpha value is -3.70. The fourth-order valence-corrected chi connectivity index (χ4v) is 4.83. The maximum atomic E-state index is 11.7. The van der Waals surface area contributed by atoms with Crippen LogP contribution in [0.2, 0.25) is 10.3 Å². The van der Waals surface area contributed by atoms with Crippen LogP contribution >= 0.6 is 23.2 Å². The molecule has 17 heteroatoms. The summed E-state index contributed by atoms with van der Waals surface area (Å²) in [6.07, 6.45) is 0.502. The van der Waals surface area contributed by atoms with Crippen molar-refractivity contribution >= 4 is 35.1 Å². The number of hydrogen-bond acceptors (Lipinski definition) is 15. The Bertz CT molecular complexity index is 1500. The number of nitrogens with one attached hydrogen (secondary N) is 1. The van der Waals surface area contributed by atoms with Crippen molar-refractivity contribution in [1.29, 1.82) is 0 Å². The van der Waals surface area contributed by atoms with Gasteiger partial charge in [-0.15, -0.1) is 0 Å². The number of esters is 2. The fourth-order valence-electron chi connectivity index (χ4n) is 4.60. The lowest BCUT2D eigenvalue weighted by atomic mass is 10.1. The molecule has 4 aliphatic heterocycles. The van der Waals surface area contributed by atoms with E-state index >= 15 is 0 Å². The zero-order valence-corrected chi connectivity index (χ0v) is 27.4. The Kier molecular flexibility index (Phi) is 11.6. The Morgan fingerprint density at radius 3 is 1.72 bits per heavy atom. The third-order valence-corrected chi connectivity index (χ3v) is 7.39. The van der Waals surface area contributed by atoms with Crippen LogP contribution < -0.4 is 11.1 Å². The van der Waals surface area contributed by atoms with Gasteiger partial charge in [0.15, 0.2) is 29.5 Å². The minimum Gasteiger partial charge on any atom is -0.505 e. The number of aliphatic hydroxyl groups is 3. The van der Waals surface area contributed by atoms with Crippen molar-refractivity contribution in [3.63, 3.8) is 0 Å². The molecule has 0 aromatic carbocycles. The van der Waals surface area contributed by atoms with Gasteiger partial charge in [-0.3, -0.25) is 0 Å². The predicted molar refractivity (Wildman–Crippen MR) is 165 cm³/mol. The van der Waals surface area contributed by atoms with Crippen LogP contribution in [0.25, 0.3) is 0 Å². The molecule has 47 heavy (non-hydrogen) atoms. The van der Waals surface area contributed by atoms with Crippen LogP contribution in [0.5, 0.6) is 0 Å². The van der Waals surface area contributed by atoms with Crippen LogP contribution in [-0.4, -0.2) is 86.4 Å². The summed E-state index contributed by atoms with van der Waals surface area (Å²) in [5.74, 6) is -4.92. The van der Waals surface area contributed by atoms with Gasteiger partial charge in [0.1, 0.15) is 28.2 Å². The van der Waals surface area contributed by atoms with Gasteiger partial charge in [0.25, 0.3) is 0 Å². The van der Waals surface area contributed by atoms with E-state index in [0.29, 0.717) is 23.4 Å². The molecule has 6 heterocycles. The summed E-state index contributed by atoms with van der Waals surface area (Å²) in [7, 11) is 0. The number of rotatable bonds is 6. The van der Waals surface area contributed by atoms with Gasteiger partial charge >= 0.3 is 11.9 Å². The summed E-state index contributed by atoms with van der Waals surface area (Å²) in [5.41, 5.74) is 7.45. The molecule has 0 radical (unpaired) electrons. The highest BCUT2D eigenvalue weighted by atomic mass is 35.5. The molecule has 15 nitrogen and oxygen atoms in total. The first-order valence-corrected chi connectivity index (χ1v) is 15.1. The van der Waals surface area contributed by atoms with Gasteiger partial charge < -0.3 is 54.8 Å². The van der Waals surface area contributed by atoms with Gasteiger partial charge in [-0.25, -0.2) is 19.6 Å². The zero-order valence-electron chi connectivity index (χ0n) is 25.9. The van der Waals surface area contributed by atoms with Crippen LogP contribution in [-0.2, 0) is 51.1 Å². The molecule has 4 atom stereocenters. The summed E-state index contributed by atoms with van der Waals surface area (Å²) in [6.45, 7) is 8.32. The highest BCUT2D eigenvalue weighted by molar-refractivity contribution is 6.29. The molecule has 6 rings (SSSR count). The van der Waals surface area contributed by atoms with E-state index in [9.17, 15) is 19.8 Å². The molecule has 0 saturated carbocycles. The summed E-state index contributed by atoms with van der Waals surface area (Å²) in [6, 6.07) is 7.04. The molecule has 2 aromatic heterocycles. The Morgan fingerprint density at radius 2 is 1.30 bits per heavy atom. The van der Waals surface area contributed by atoms with E-state index in [-0.39, 0.29) is 18.9 Å². The van der Waals surface area contributed by atoms with Gasteiger partial charge in [0, 0.05) is 25.5 Å². The molecular formula is C30H36Cl2N4O11. The highest BCUT2D eigenvalue weighted by Crippen LogP contribution is 2.32. The number of halogens is 2. The number of pyridine rings is 2. The first kappa shape index (κ1) is 36.1. The normalized spacial score (nSPS) is 25.9. The largest absolute Gasteiger partial charge is 0.505 e. The molecule has 2 saturated heterocycles. The Balaban J connectivity index is 0.000000178. The minimum atomic E-state index is -0.973. The number of nitrogens with two attached hydrogens (primary N) is 1. The van der Waals surface area contributed by atoms with Gasteiger partial charge in [-0.1, -0.05) is 35.3 Å². The third kappa shape index (κ3) is 9.44. The lowest BCUT2D eigenvalue weighted by Gasteiger charge is -2.22. The fraction of sp³-hybridized carbons (Fsp3) is 0.467. The minimum absolute atomic E-state index is 0.197. The second kappa shape index (κ2) is 15.0. The molecular weight excluding hydrogens is 663 g/mol. The van der Waals surface area contributed by atoms with Gasteiger partial charge in [0.2, 0.25) is 11.5 Å². The average molecular weight is 700 g/mol. The van der Waals surface area contributed by atoms with E-state index < -0.39 is 65.2 Å². The molecule has 6 N–H and O–H groups in total.